The lowest BCUT2D eigenvalue weighted by Crippen LogP contribution is -2.12. The topological polar surface area (TPSA) is 60.2 Å². The largest absolute Gasteiger partial charge is 0.389 e. The fourth-order valence-electron chi connectivity index (χ4n) is 4.05. The summed E-state index contributed by atoms with van der Waals surface area (Å²) < 4.78 is 53.2. The van der Waals surface area contributed by atoms with Crippen molar-refractivity contribution in [3.63, 3.8) is 0 Å². The van der Waals surface area contributed by atoms with E-state index in [0.29, 0.717) is 35.1 Å². The number of benzene rings is 1. The first-order valence-electron chi connectivity index (χ1n) is 11.4. The van der Waals surface area contributed by atoms with E-state index in [1.807, 2.05) is 28.8 Å². The van der Waals surface area contributed by atoms with Gasteiger partial charge in [-0.3, -0.25) is 9.20 Å². The number of pyridine rings is 1. The zero-order chi connectivity index (χ0) is 24.6. The molecule has 5 nitrogen and oxygen atoms in total. The van der Waals surface area contributed by atoms with Crippen molar-refractivity contribution in [2.75, 3.05) is 0 Å². The van der Waals surface area contributed by atoms with Crippen LogP contribution in [0.4, 0.5) is 17.6 Å². The molecule has 1 aliphatic carbocycles. The summed E-state index contributed by atoms with van der Waals surface area (Å²) in [7, 11) is 0. The van der Waals surface area contributed by atoms with E-state index < -0.39 is 24.8 Å². The van der Waals surface area contributed by atoms with Gasteiger partial charge in [-0.1, -0.05) is 18.2 Å². The summed E-state index contributed by atoms with van der Waals surface area (Å²) in [4.78, 5) is 25.1. The summed E-state index contributed by atoms with van der Waals surface area (Å²) in [6.07, 6.45) is 1.50. The van der Waals surface area contributed by atoms with Crippen LogP contribution in [-0.4, -0.2) is 31.3 Å². The molecule has 0 unspecified atom stereocenters. The third-order valence-corrected chi connectivity index (χ3v) is 6.08. The van der Waals surface area contributed by atoms with Gasteiger partial charge in [-0.05, 0) is 48.9 Å². The van der Waals surface area contributed by atoms with E-state index in [4.69, 9.17) is 0 Å². The summed E-state index contributed by atoms with van der Waals surface area (Å²) in [5.41, 5.74) is 3.99. The lowest BCUT2D eigenvalue weighted by molar-refractivity contribution is -0.143. The van der Waals surface area contributed by atoms with Crippen LogP contribution in [0.2, 0.25) is 0 Å². The molecule has 3 aromatic heterocycles. The smallest absolute Gasteiger partial charge is 0.300 e. The van der Waals surface area contributed by atoms with Gasteiger partial charge in [0.25, 0.3) is 0 Å². The zero-order valence-corrected chi connectivity index (χ0v) is 18.7. The van der Waals surface area contributed by atoms with Gasteiger partial charge in [0.15, 0.2) is 11.6 Å². The number of fused-ring (bicyclic) bond motifs is 1. The van der Waals surface area contributed by atoms with Crippen LogP contribution in [0, 0.1) is 11.7 Å². The summed E-state index contributed by atoms with van der Waals surface area (Å²) >= 11 is 0. The van der Waals surface area contributed by atoms with Crippen LogP contribution in [-0.2, 0) is 17.6 Å². The Labute approximate surface area is 198 Å². The fourth-order valence-corrected chi connectivity index (χ4v) is 4.05. The maximum atomic E-state index is 14.1. The average molecular weight is 482 g/mol. The third-order valence-electron chi connectivity index (χ3n) is 6.08. The van der Waals surface area contributed by atoms with Gasteiger partial charge < -0.3 is 0 Å². The van der Waals surface area contributed by atoms with Crippen molar-refractivity contribution in [2.24, 2.45) is 5.92 Å². The number of rotatable bonds is 8. The maximum Gasteiger partial charge on any atom is 0.389 e. The summed E-state index contributed by atoms with van der Waals surface area (Å²) in [6.45, 7) is 0. The van der Waals surface area contributed by atoms with Crippen LogP contribution in [0.25, 0.3) is 28.3 Å². The van der Waals surface area contributed by atoms with Gasteiger partial charge in [-0.25, -0.2) is 19.3 Å². The number of hydrogen-bond donors (Lipinski definition) is 0. The highest BCUT2D eigenvalue weighted by molar-refractivity contribution is 5.81. The molecule has 35 heavy (non-hydrogen) atoms. The van der Waals surface area contributed by atoms with Crippen molar-refractivity contribution in [3.05, 3.63) is 72.1 Å². The third kappa shape index (κ3) is 5.55. The Morgan fingerprint density at radius 1 is 1.06 bits per heavy atom. The van der Waals surface area contributed by atoms with Crippen LogP contribution in [0.3, 0.4) is 0 Å². The number of alkyl halides is 3. The van der Waals surface area contributed by atoms with Crippen LogP contribution < -0.4 is 0 Å². The number of aromatic nitrogens is 4. The number of Topliss-reactive ketones (excluding diaryl/α,β-unsaturated/α-hetero) is 1. The van der Waals surface area contributed by atoms with Gasteiger partial charge in [-0.15, -0.1) is 0 Å². The molecule has 1 fully saturated rings. The lowest BCUT2D eigenvalue weighted by atomic mass is 10.0. The minimum absolute atomic E-state index is 0.0596. The Hall–Kier alpha value is -3.62. The summed E-state index contributed by atoms with van der Waals surface area (Å²) in [5.74, 6) is 0.0953. The quantitative estimate of drug-likeness (QED) is 0.289. The predicted octanol–water partition coefficient (Wildman–Crippen LogP) is 6.00. The van der Waals surface area contributed by atoms with E-state index in [2.05, 4.69) is 15.0 Å². The molecule has 1 saturated carbocycles. The molecule has 0 radical (unpaired) electrons. The first-order chi connectivity index (χ1) is 16.7. The molecule has 0 N–H and O–H groups in total. The standard InChI is InChI=1S/C26H22F4N4O/c27-21-14-32-25(33-22(21)12-16-4-5-16)19-7-9-34-23(15-31-24(34)13-19)18-3-1-2-17(10-18)11-20(35)6-8-26(28,29)30/h1-3,7,9-10,13-16H,4-6,8,11-12H2. The van der Waals surface area contributed by atoms with Crippen molar-refractivity contribution < 1.29 is 22.4 Å². The van der Waals surface area contributed by atoms with E-state index in [9.17, 15) is 22.4 Å². The Morgan fingerprint density at radius 2 is 1.89 bits per heavy atom. The number of imidazole rings is 1. The highest BCUT2D eigenvalue weighted by atomic mass is 19.4. The van der Waals surface area contributed by atoms with Crippen LogP contribution in [0.1, 0.15) is 36.9 Å². The Balaban J connectivity index is 1.37. The number of carbonyl (C=O) groups excluding carboxylic acids is 1. The van der Waals surface area contributed by atoms with Crippen molar-refractivity contribution in [2.45, 2.75) is 44.7 Å². The first-order valence-corrected chi connectivity index (χ1v) is 11.4. The summed E-state index contributed by atoms with van der Waals surface area (Å²) in [5, 5.41) is 0. The van der Waals surface area contributed by atoms with Crippen molar-refractivity contribution in [1.82, 2.24) is 19.4 Å². The van der Waals surface area contributed by atoms with E-state index >= 15 is 0 Å². The minimum Gasteiger partial charge on any atom is -0.300 e. The molecule has 1 aromatic carbocycles. The lowest BCUT2D eigenvalue weighted by Gasteiger charge is -2.08. The van der Waals surface area contributed by atoms with Gasteiger partial charge in [0.05, 0.1) is 30.2 Å². The number of halogens is 4. The van der Waals surface area contributed by atoms with Crippen LogP contribution >= 0.6 is 0 Å². The Bertz CT molecular complexity index is 1390. The van der Waals surface area contributed by atoms with Gasteiger partial charge in [-0.2, -0.15) is 13.2 Å². The van der Waals surface area contributed by atoms with Crippen molar-refractivity contribution in [3.8, 4) is 22.6 Å². The van der Waals surface area contributed by atoms with E-state index in [-0.39, 0.29) is 12.2 Å². The maximum absolute atomic E-state index is 14.1. The zero-order valence-electron chi connectivity index (χ0n) is 18.7. The highest BCUT2D eigenvalue weighted by Gasteiger charge is 2.28. The molecule has 3 heterocycles. The van der Waals surface area contributed by atoms with Gasteiger partial charge in [0.1, 0.15) is 11.4 Å². The second-order valence-electron chi connectivity index (χ2n) is 8.95. The molecule has 180 valence electrons. The fraction of sp³-hybridized carbons (Fsp3) is 0.308. The molecular weight excluding hydrogens is 460 g/mol. The molecule has 0 amide bonds. The SMILES string of the molecule is O=C(CCC(F)(F)F)Cc1cccc(-c2cnc3cc(-c4ncc(F)c(CC5CC5)n4)ccn23)c1. The van der Waals surface area contributed by atoms with Crippen LogP contribution in [0.15, 0.2) is 55.0 Å². The van der Waals surface area contributed by atoms with Gasteiger partial charge in [0.2, 0.25) is 0 Å². The van der Waals surface area contributed by atoms with Gasteiger partial charge in [0, 0.05) is 30.2 Å². The second-order valence-corrected chi connectivity index (χ2v) is 8.95. The minimum atomic E-state index is -4.34. The molecule has 0 spiro atoms. The molecule has 0 aliphatic heterocycles. The van der Waals surface area contributed by atoms with Crippen molar-refractivity contribution in [1.29, 1.82) is 0 Å². The highest BCUT2D eigenvalue weighted by Crippen LogP contribution is 2.33. The molecule has 4 aromatic rings. The Morgan fingerprint density at radius 3 is 2.66 bits per heavy atom. The normalized spacial score (nSPS) is 13.9. The molecular formula is C26H22F4N4O. The van der Waals surface area contributed by atoms with E-state index in [0.717, 1.165) is 29.7 Å². The number of ketones is 1. The predicted molar refractivity (Wildman–Crippen MR) is 122 cm³/mol. The molecule has 0 bridgehead atoms. The molecule has 0 atom stereocenters. The number of carbonyl (C=O) groups is 1. The molecule has 5 rings (SSSR count). The number of hydrogen-bond acceptors (Lipinski definition) is 4. The van der Waals surface area contributed by atoms with E-state index in [1.54, 1.807) is 24.4 Å². The monoisotopic (exact) mass is 482 g/mol. The van der Waals surface area contributed by atoms with E-state index in [1.165, 1.54) is 6.20 Å². The summed E-state index contributed by atoms with van der Waals surface area (Å²) in [6, 6.07) is 10.8. The first kappa shape index (κ1) is 23.1. The van der Waals surface area contributed by atoms with Gasteiger partial charge >= 0.3 is 6.18 Å². The number of nitrogens with zero attached hydrogens (tertiary/aromatic N) is 4. The molecule has 0 saturated heterocycles. The Kier molecular flexibility index (Phi) is 6.08. The average Bonchev–Trinajstić information content (AvgIpc) is 3.54. The van der Waals surface area contributed by atoms with Crippen LogP contribution in [0.5, 0.6) is 0 Å². The molecule has 9 heteroatoms. The second kappa shape index (κ2) is 9.20. The van der Waals surface area contributed by atoms with Crippen molar-refractivity contribution >= 4 is 11.4 Å². The molecule has 1 aliphatic rings.